The van der Waals surface area contributed by atoms with Crippen LogP contribution in [0.5, 0.6) is 0 Å². The average Bonchev–Trinajstić information content (AvgIpc) is 2.59. The zero-order chi connectivity index (χ0) is 18.4. The van der Waals surface area contributed by atoms with Crippen LogP contribution in [0.4, 0.5) is 11.4 Å². The predicted octanol–water partition coefficient (Wildman–Crippen LogP) is 2.71. The van der Waals surface area contributed by atoms with Crippen molar-refractivity contribution in [3.05, 3.63) is 69.8 Å². The molecule has 0 aromatic heterocycles. The van der Waals surface area contributed by atoms with Gasteiger partial charge in [0, 0.05) is 30.3 Å². The van der Waals surface area contributed by atoms with Gasteiger partial charge >= 0.3 is 0 Å². The molecule has 0 saturated heterocycles. The van der Waals surface area contributed by atoms with Crippen LogP contribution in [0.15, 0.2) is 53.6 Å². The number of nitrogens with one attached hydrogen (secondary N) is 2. The zero-order valence-corrected chi connectivity index (χ0v) is 13.6. The number of rotatable bonds is 5. The number of benzene rings is 2. The lowest BCUT2D eigenvalue weighted by Crippen LogP contribution is -2.19. The number of amides is 2. The van der Waals surface area contributed by atoms with Crippen LogP contribution in [0.1, 0.15) is 29.8 Å². The zero-order valence-electron chi connectivity index (χ0n) is 13.6. The molecule has 0 aliphatic heterocycles. The average molecular weight is 340 g/mol. The third-order valence-electron chi connectivity index (χ3n) is 3.27. The second kappa shape index (κ2) is 7.82. The standard InChI is InChI=1S/C17H16N4O4/c1-11(13-6-8-15(9-7-13)18-12(2)22)19-20-17(23)14-4-3-5-16(10-14)21(24)25/h3-10H,1-2H3,(H,18,22)(H,20,23)/b19-11-. The first-order chi connectivity index (χ1) is 11.9. The number of hydrogen-bond acceptors (Lipinski definition) is 5. The van der Waals surface area contributed by atoms with Crippen molar-refractivity contribution in [1.82, 2.24) is 5.43 Å². The number of anilines is 1. The molecule has 8 heteroatoms. The Balaban J connectivity index is 2.07. The van der Waals surface area contributed by atoms with Crippen LogP contribution in [0.2, 0.25) is 0 Å². The first kappa shape index (κ1) is 17.8. The van der Waals surface area contributed by atoms with Crippen LogP contribution >= 0.6 is 0 Å². The quantitative estimate of drug-likeness (QED) is 0.495. The Kier molecular flexibility index (Phi) is 5.57. The maximum absolute atomic E-state index is 12.0. The molecule has 128 valence electrons. The van der Waals surface area contributed by atoms with Gasteiger partial charge in [-0.2, -0.15) is 5.10 Å². The van der Waals surface area contributed by atoms with E-state index >= 15 is 0 Å². The van der Waals surface area contributed by atoms with Crippen LogP contribution in [0.25, 0.3) is 0 Å². The summed E-state index contributed by atoms with van der Waals surface area (Å²) in [6.45, 7) is 3.13. The van der Waals surface area contributed by atoms with Gasteiger partial charge in [-0.1, -0.05) is 18.2 Å². The molecule has 0 heterocycles. The Hall–Kier alpha value is -3.55. The van der Waals surface area contributed by atoms with E-state index in [0.717, 1.165) is 5.56 Å². The normalized spacial score (nSPS) is 10.9. The smallest absolute Gasteiger partial charge is 0.271 e. The molecule has 25 heavy (non-hydrogen) atoms. The molecule has 2 amide bonds. The molecule has 0 fully saturated rings. The van der Waals surface area contributed by atoms with Gasteiger partial charge in [-0.05, 0) is 30.7 Å². The monoisotopic (exact) mass is 340 g/mol. The molecule has 0 spiro atoms. The molecule has 0 aliphatic carbocycles. The molecule has 2 aromatic carbocycles. The summed E-state index contributed by atoms with van der Waals surface area (Å²) in [5.41, 5.74) is 4.31. The van der Waals surface area contributed by atoms with E-state index in [1.54, 1.807) is 31.2 Å². The summed E-state index contributed by atoms with van der Waals surface area (Å²) in [4.78, 5) is 33.2. The van der Waals surface area contributed by atoms with Gasteiger partial charge in [0.05, 0.1) is 10.6 Å². The van der Waals surface area contributed by atoms with Gasteiger partial charge < -0.3 is 5.32 Å². The number of nitrogens with zero attached hydrogens (tertiary/aromatic N) is 2. The molecule has 8 nitrogen and oxygen atoms in total. The maximum Gasteiger partial charge on any atom is 0.271 e. The molecular formula is C17H16N4O4. The van der Waals surface area contributed by atoms with Crippen molar-refractivity contribution in [2.75, 3.05) is 5.32 Å². The van der Waals surface area contributed by atoms with Crippen LogP contribution < -0.4 is 10.7 Å². The van der Waals surface area contributed by atoms with Crippen molar-refractivity contribution < 1.29 is 14.5 Å². The summed E-state index contributed by atoms with van der Waals surface area (Å²) in [6, 6.07) is 12.3. The highest BCUT2D eigenvalue weighted by Crippen LogP contribution is 2.13. The van der Waals surface area contributed by atoms with Gasteiger partial charge in [0.25, 0.3) is 11.6 Å². The number of hydrazone groups is 1. The number of hydrogen-bond donors (Lipinski definition) is 2. The second-order valence-electron chi connectivity index (χ2n) is 5.20. The van der Waals surface area contributed by atoms with Crippen molar-refractivity contribution in [1.29, 1.82) is 0 Å². The minimum absolute atomic E-state index is 0.145. The molecule has 0 saturated carbocycles. The third-order valence-corrected chi connectivity index (χ3v) is 3.27. The van der Waals surface area contributed by atoms with Crippen molar-refractivity contribution in [2.24, 2.45) is 5.10 Å². The SMILES string of the molecule is CC(=O)Nc1ccc(/C(C)=N\NC(=O)c2cccc([N+](=O)[O-])c2)cc1. The molecular weight excluding hydrogens is 324 g/mol. The van der Waals surface area contributed by atoms with Crippen LogP contribution in [-0.2, 0) is 4.79 Å². The summed E-state index contributed by atoms with van der Waals surface area (Å²) < 4.78 is 0. The van der Waals surface area contributed by atoms with E-state index in [-0.39, 0.29) is 17.2 Å². The first-order valence-corrected chi connectivity index (χ1v) is 7.34. The highest BCUT2D eigenvalue weighted by molar-refractivity contribution is 6.01. The van der Waals surface area contributed by atoms with Gasteiger partial charge in [-0.15, -0.1) is 0 Å². The van der Waals surface area contributed by atoms with E-state index in [4.69, 9.17) is 0 Å². The highest BCUT2D eigenvalue weighted by Gasteiger charge is 2.11. The Morgan fingerprint density at radius 3 is 2.32 bits per heavy atom. The van der Waals surface area contributed by atoms with Gasteiger partial charge in [0.2, 0.25) is 5.91 Å². The summed E-state index contributed by atoms with van der Waals surface area (Å²) in [7, 11) is 0. The largest absolute Gasteiger partial charge is 0.326 e. The molecule has 0 bridgehead atoms. The molecule has 2 N–H and O–H groups in total. The maximum atomic E-state index is 12.0. The number of carbonyl (C=O) groups is 2. The Labute approximate surface area is 143 Å². The van der Waals surface area contributed by atoms with Gasteiger partial charge in [0.1, 0.15) is 0 Å². The summed E-state index contributed by atoms with van der Waals surface area (Å²) in [5.74, 6) is -0.708. The second-order valence-corrected chi connectivity index (χ2v) is 5.20. The van der Waals surface area contributed by atoms with Gasteiger partial charge in [0.15, 0.2) is 0 Å². The topological polar surface area (TPSA) is 114 Å². The summed E-state index contributed by atoms with van der Waals surface area (Å²) in [6.07, 6.45) is 0. The molecule has 2 aromatic rings. The first-order valence-electron chi connectivity index (χ1n) is 7.34. The fourth-order valence-corrected chi connectivity index (χ4v) is 2.02. The molecule has 2 rings (SSSR count). The van der Waals surface area contributed by atoms with E-state index in [9.17, 15) is 19.7 Å². The predicted molar refractivity (Wildman–Crippen MR) is 93.5 cm³/mol. The Bertz CT molecular complexity index is 844. The molecule has 0 unspecified atom stereocenters. The molecule has 0 atom stereocenters. The van der Waals surface area contributed by atoms with E-state index in [2.05, 4.69) is 15.8 Å². The summed E-state index contributed by atoms with van der Waals surface area (Å²) in [5, 5.41) is 17.4. The Morgan fingerprint density at radius 2 is 1.72 bits per heavy atom. The van der Waals surface area contributed by atoms with Crippen molar-refractivity contribution in [3.8, 4) is 0 Å². The number of non-ortho nitro benzene ring substituents is 1. The number of carbonyl (C=O) groups excluding carboxylic acids is 2. The minimum Gasteiger partial charge on any atom is -0.326 e. The van der Waals surface area contributed by atoms with Gasteiger partial charge in [-0.25, -0.2) is 5.43 Å². The Morgan fingerprint density at radius 1 is 1.04 bits per heavy atom. The van der Waals surface area contributed by atoms with Crippen LogP contribution in [0.3, 0.4) is 0 Å². The van der Waals surface area contributed by atoms with E-state index in [1.165, 1.54) is 31.2 Å². The number of nitro groups is 1. The van der Waals surface area contributed by atoms with E-state index < -0.39 is 10.8 Å². The number of nitro benzene ring substituents is 1. The fraction of sp³-hybridized carbons (Fsp3) is 0.118. The minimum atomic E-state index is -0.568. The fourth-order valence-electron chi connectivity index (χ4n) is 2.02. The van der Waals surface area contributed by atoms with Crippen LogP contribution in [0, 0.1) is 10.1 Å². The van der Waals surface area contributed by atoms with Crippen molar-refractivity contribution in [2.45, 2.75) is 13.8 Å². The van der Waals surface area contributed by atoms with Crippen molar-refractivity contribution >= 4 is 28.9 Å². The molecule has 0 radical (unpaired) electrons. The lowest BCUT2D eigenvalue weighted by molar-refractivity contribution is -0.384. The van der Waals surface area contributed by atoms with Crippen molar-refractivity contribution in [3.63, 3.8) is 0 Å². The molecule has 0 aliphatic rings. The van der Waals surface area contributed by atoms with E-state index in [0.29, 0.717) is 11.4 Å². The van der Waals surface area contributed by atoms with E-state index in [1.807, 2.05) is 0 Å². The van der Waals surface area contributed by atoms with Gasteiger partial charge in [-0.3, -0.25) is 19.7 Å². The van der Waals surface area contributed by atoms with Crippen LogP contribution in [-0.4, -0.2) is 22.4 Å². The lowest BCUT2D eigenvalue weighted by Gasteiger charge is -2.05. The highest BCUT2D eigenvalue weighted by atomic mass is 16.6. The third kappa shape index (κ3) is 4.96. The lowest BCUT2D eigenvalue weighted by atomic mass is 10.1. The summed E-state index contributed by atoms with van der Waals surface area (Å²) >= 11 is 0.